The van der Waals surface area contributed by atoms with Crippen LogP contribution in [-0.2, 0) is 6.42 Å². The van der Waals surface area contributed by atoms with E-state index < -0.39 is 0 Å². The molecule has 0 aliphatic carbocycles. The molecule has 0 saturated carbocycles. The number of amides is 1. The van der Waals surface area contributed by atoms with Crippen molar-refractivity contribution in [2.24, 2.45) is 0 Å². The van der Waals surface area contributed by atoms with Crippen LogP contribution in [0.5, 0.6) is 0 Å². The minimum atomic E-state index is -0.277. The van der Waals surface area contributed by atoms with Crippen LogP contribution in [0.3, 0.4) is 0 Å². The molecule has 0 spiro atoms. The zero-order valence-electron chi connectivity index (χ0n) is 10.4. The summed E-state index contributed by atoms with van der Waals surface area (Å²) in [5.74, 6) is 0.536. The monoisotopic (exact) mass is 279 g/mol. The number of halogens is 1. The van der Waals surface area contributed by atoms with E-state index in [0.29, 0.717) is 17.7 Å². The molecule has 2 heterocycles. The lowest BCUT2D eigenvalue weighted by molar-refractivity contribution is 0.0940. The van der Waals surface area contributed by atoms with Crippen molar-refractivity contribution in [1.29, 1.82) is 0 Å². The average Bonchev–Trinajstić information content (AvgIpc) is 2.84. The van der Waals surface area contributed by atoms with E-state index in [2.05, 4.69) is 10.3 Å². The number of hydrogen-bond acceptors (Lipinski definition) is 4. The Morgan fingerprint density at radius 1 is 1.63 bits per heavy atom. The molecule has 2 rings (SSSR count). The lowest BCUT2D eigenvalue weighted by Crippen LogP contribution is -2.34. The van der Waals surface area contributed by atoms with Crippen molar-refractivity contribution in [2.45, 2.75) is 19.4 Å². The molecule has 100 valence electrons. The Labute approximate surface area is 115 Å². The van der Waals surface area contributed by atoms with Crippen LogP contribution in [0.1, 0.15) is 23.0 Å². The van der Waals surface area contributed by atoms with Crippen LogP contribution in [0, 0.1) is 0 Å². The molecule has 0 aromatic carbocycles. The van der Waals surface area contributed by atoms with Gasteiger partial charge >= 0.3 is 0 Å². The SMILES string of the molecule is CC(Cc1ccco1)NC(=O)c1cc(Cl)ncc1N. The maximum absolute atomic E-state index is 12.0. The first-order valence-electron chi connectivity index (χ1n) is 5.80. The first-order valence-corrected chi connectivity index (χ1v) is 6.18. The molecular formula is C13H14ClN3O2. The second kappa shape index (κ2) is 5.75. The van der Waals surface area contributed by atoms with Crippen LogP contribution >= 0.6 is 11.6 Å². The molecule has 0 radical (unpaired) electrons. The molecule has 0 aliphatic rings. The Hall–Kier alpha value is -2.01. The summed E-state index contributed by atoms with van der Waals surface area (Å²) in [5.41, 5.74) is 6.33. The van der Waals surface area contributed by atoms with Gasteiger partial charge in [0, 0.05) is 12.5 Å². The number of pyridine rings is 1. The number of carbonyl (C=O) groups is 1. The highest BCUT2D eigenvalue weighted by Crippen LogP contribution is 2.15. The highest BCUT2D eigenvalue weighted by molar-refractivity contribution is 6.29. The molecule has 19 heavy (non-hydrogen) atoms. The first kappa shape index (κ1) is 13.4. The van der Waals surface area contributed by atoms with Gasteiger partial charge in [-0.25, -0.2) is 4.98 Å². The van der Waals surface area contributed by atoms with Crippen molar-refractivity contribution in [3.63, 3.8) is 0 Å². The fraction of sp³-hybridized carbons (Fsp3) is 0.231. The van der Waals surface area contributed by atoms with E-state index >= 15 is 0 Å². The summed E-state index contributed by atoms with van der Waals surface area (Å²) in [6, 6.07) is 5.04. The normalized spacial score (nSPS) is 12.1. The number of nitrogens with zero attached hydrogens (tertiary/aromatic N) is 1. The molecule has 1 atom stereocenters. The molecular weight excluding hydrogens is 266 g/mol. The third kappa shape index (κ3) is 3.48. The Morgan fingerprint density at radius 2 is 2.42 bits per heavy atom. The summed E-state index contributed by atoms with van der Waals surface area (Å²) >= 11 is 5.75. The van der Waals surface area contributed by atoms with Gasteiger partial charge in [-0.05, 0) is 25.1 Å². The van der Waals surface area contributed by atoms with Gasteiger partial charge < -0.3 is 15.5 Å². The van der Waals surface area contributed by atoms with Gasteiger partial charge in [0.15, 0.2) is 0 Å². The second-order valence-electron chi connectivity index (χ2n) is 4.25. The molecule has 2 aromatic rings. The minimum Gasteiger partial charge on any atom is -0.469 e. The number of nitrogen functional groups attached to an aromatic ring is 1. The van der Waals surface area contributed by atoms with Crippen molar-refractivity contribution in [3.8, 4) is 0 Å². The van der Waals surface area contributed by atoms with Crippen molar-refractivity contribution >= 4 is 23.2 Å². The molecule has 1 unspecified atom stereocenters. The van der Waals surface area contributed by atoms with Gasteiger partial charge in [0.1, 0.15) is 10.9 Å². The van der Waals surface area contributed by atoms with E-state index in [9.17, 15) is 4.79 Å². The van der Waals surface area contributed by atoms with E-state index in [1.807, 2.05) is 19.1 Å². The molecule has 3 N–H and O–H groups in total. The summed E-state index contributed by atoms with van der Waals surface area (Å²) < 4.78 is 5.23. The summed E-state index contributed by atoms with van der Waals surface area (Å²) in [6.07, 6.45) is 3.58. The summed E-state index contributed by atoms with van der Waals surface area (Å²) in [6.45, 7) is 1.89. The fourth-order valence-corrected chi connectivity index (χ4v) is 1.88. The molecule has 0 aliphatic heterocycles. The van der Waals surface area contributed by atoms with E-state index in [1.165, 1.54) is 12.3 Å². The average molecular weight is 280 g/mol. The maximum Gasteiger partial charge on any atom is 0.253 e. The number of carbonyl (C=O) groups excluding carboxylic acids is 1. The molecule has 0 fully saturated rings. The number of rotatable bonds is 4. The maximum atomic E-state index is 12.0. The quantitative estimate of drug-likeness (QED) is 0.841. The molecule has 0 bridgehead atoms. The Bertz CT molecular complexity index is 569. The number of anilines is 1. The van der Waals surface area contributed by atoms with E-state index in [-0.39, 0.29) is 17.1 Å². The Kier molecular flexibility index (Phi) is 4.06. The van der Waals surface area contributed by atoms with E-state index in [4.69, 9.17) is 21.8 Å². The van der Waals surface area contributed by atoms with Crippen LogP contribution in [0.4, 0.5) is 5.69 Å². The van der Waals surface area contributed by atoms with Crippen LogP contribution in [0.15, 0.2) is 35.1 Å². The molecule has 2 aromatic heterocycles. The van der Waals surface area contributed by atoms with Gasteiger partial charge in [-0.15, -0.1) is 0 Å². The standard InChI is InChI=1S/C13H14ClN3O2/c1-8(5-9-3-2-4-19-9)17-13(18)10-6-12(14)16-7-11(10)15/h2-4,6-8H,5,15H2,1H3,(H,17,18). The smallest absolute Gasteiger partial charge is 0.253 e. The van der Waals surface area contributed by atoms with Crippen molar-refractivity contribution in [3.05, 3.63) is 47.1 Å². The van der Waals surface area contributed by atoms with E-state index in [0.717, 1.165) is 5.76 Å². The number of nitrogens with one attached hydrogen (secondary N) is 1. The predicted octanol–water partition coefficient (Wildman–Crippen LogP) is 2.27. The van der Waals surface area contributed by atoms with Gasteiger partial charge in [-0.1, -0.05) is 11.6 Å². The molecule has 6 heteroatoms. The molecule has 1 amide bonds. The fourth-order valence-electron chi connectivity index (χ4n) is 1.72. The number of hydrogen-bond donors (Lipinski definition) is 2. The molecule has 5 nitrogen and oxygen atoms in total. The third-order valence-electron chi connectivity index (χ3n) is 2.61. The van der Waals surface area contributed by atoms with Gasteiger partial charge in [0.2, 0.25) is 0 Å². The van der Waals surface area contributed by atoms with Gasteiger partial charge in [0.05, 0.1) is 23.7 Å². The van der Waals surface area contributed by atoms with Crippen LogP contribution in [-0.4, -0.2) is 16.9 Å². The number of aromatic nitrogens is 1. The van der Waals surface area contributed by atoms with Crippen LogP contribution < -0.4 is 11.1 Å². The lowest BCUT2D eigenvalue weighted by atomic mass is 10.1. The van der Waals surface area contributed by atoms with Crippen LogP contribution in [0.2, 0.25) is 5.15 Å². The Balaban J connectivity index is 2.02. The van der Waals surface area contributed by atoms with Crippen molar-refractivity contribution < 1.29 is 9.21 Å². The number of nitrogens with two attached hydrogens (primary N) is 1. The summed E-state index contributed by atoms with van der Waals surface area (Å²) in [5, 5.41) is 3.07. The summed E-state index contributed by atoms with van der Waals surface area (Å²) in [7, 11) is 0. The van der Waals surface area contributed by atoms with Crippen LogP contribution in [0.25, 0.3) is 0 Å². The van der Waals surface area contributed by atoms with Gasteiger partial charge in [-0.2, -0.15) is 0 Å². The Morgan fingerprint density at radius 3 is 3.11 bits per heavy atom. The minimum absolute atomic E-state index is 0.0787. The number of furan rings is 1. The second-order valence-corrected chi connectivity index (χ2v) is 4.64. The topological polar surface area (TPSA) is 81.2 Å². The lowest BCUT2D eigenvalue weighted by Gasteiger charge is -2.13. The highest BCUT2D eigenvalue weighted by Gasteiger charge is 2.14. The third-order valence-corrected chi connectivity index (χ3v) is 2.82. The predicted molar refractivity (Wildman–Crippen MR) is 73.0 cm³/mol. The molecule has 0 saturated heterocycles. The van der Waals surface area contributed by atoms with E-state index in [1.54, 1.807) is 6.26 Å². The summed E-state index contributed by atoms with van der Waals surface area (Å²) in [4.78, 5) is 15.9. The first-order chi connectivity index (χ1) is 9.06. The van der Waals surface area contributed by atoms with Crippen molar-refractivity contribution in [2.75, 3.05) is 5.73 Å². The zero-order valence-corrected chi connectivity index (χ0v) is 11.1. The van der Waals surface area contributed by atoms with Gasteiger partial charge in [-0.3, -0.25) is 4.79 Å². The van der Waals surface area contributed by atoms with Gasteiger partial charge in [0.25, 0.3) is 5.91 Å². The largest absolute Gasteiger partial charge is 0.469 e. The zero-order chi connectivity index (χ0) is 13.8. The highest BCUT2D eigenvalue weighted by atomic mass is 35.5. The van der Waals surface area contributed by atoms with Crippen molar-refractivity contribution in [1.82, 2.24) is 10.3 Å².